The highest BCUT2D eigenvalue weighted by Crippen LogP contribution is 2.67. The SMILES string of the molecule is CC(C)(C)c1c(-c2ccc3c(c2)C(C)(C)C(C)(C)C(C)(C)C3(C)C)cccc1-c1ccc2c(c1)C(C)(C)C(C)(C)C(C)(C)C2(C)C. The molecule has 0 heterocycles. The van der Waals surface area contributed by atoms with E-state index in [0.29, 0.717) is 0 Å². The van der Waals surface area contributed by atoms with Crippen molar-refractivity contribution in [1.29, 1.82) is 0 Å². The van der Waals surface area contributed by atoms with E-state index >= 15 is 0 Å². The van der Waals surface area contributed by atoms with Crippen molar-refractivity contribution in [2.45, 2.75) is 159 Å². The molecule has 5 rings (SSSR count). The molecule has 250 valence electrons. The summed E-state index contributed by atoms with van der Waals surface area (Å²) in [7, 11) is 0. The maximum Gasteiger partial charge on any atom is -0.00439 e. The first-order chi connectivity index (χ1) is 20.5. The highest BCUT2D eigenvalue weighted by molar-refractivity contribution is 5.81. The number of hydrogen-bond donors (Lipinski definition) is 0. The van der Waals surface area contributed by atoms with Crippen molar-refractivity contribution in [1.82, 2.24) is 0 Å². The largest absolute Gasteiger partial charge is 0.0610 e. The molecule has 0 N–H and O–H groups in total. The van der Waals surface area contributed by atoms with E-state index in [1.165, 1.54) is 50.1 Å². The monoisotopic (exact) mass is 619 g/mol. The van der Waals surface area contributed by atoms with E-state index in [9.17, 15) is 0 Å². The molecule has 0 heteroatoms. The van der Waals surface area contributed by atoms with Gasteiger partial charge < -0.3 is 0 Å². The Hall–Kier alpha value is -2.34. The van der Waals surface area contributed by atoms with Crippen LogP contribution in [0.25, 0.3) is 22.3 Å². The Morgan fingerprint density at radius 2 is 0.652 bits per heavy atom. The van der Waals surface area contributed by atoms with Gasteiger partial charge in [-0.15, -0.1) is 0 Å². The van der Waals surface area contributed by atoms with Gasteiger partial charge in [-0.05, 0) is 98.8 Å². The fourth-order valence-corrected chi connectivity index (χ4v) is 9.86. The minimum atomic E-state index is -0.0379. The van der Waals surface area contributed by atoms with Crippen LogP contribution in [0.4, 0.5) is 0 Å². The van der Waals surface area contributed by atoms with Crippen molar-refractivity contribution in [2.75, 3.05) is 0 Å². The van der Waals surface area contributed by atoms with Gasteiger partial charge in [0.05, 0.1) is 0 Å². The Labute approximate surface area is 284 Å². The molecule has 0 atom stereocenters. The van der Waals surface area contributed by atoms with Gasteiger partial charge in [0, 0.05) is 0 Å². The lowest BCUT2D eigenvalue weighted by molar-refractivity contribution is -0.0441. The Morgan fingerprint density at radius 1 is 0.370 bits per heavy atom. The Bertz CT molecular complexity index is 1580. The van der Waals surface area contributed by atoms with Crippen LogP contribution in [0.2, 0.25) is 0 Å². The zero-order valence-corrected chi connectivity index (χ0v) is 33.2. The molecule has 0 amide bonds. The molecular weight excluding hydrogens is 553 g/mol. The van der Waals surface area contributed by atoms with Crippen LogP contribution < -0.4 is 0 Å². The third kappa shape index (κ3) is 4.10. The van der Waals surface area contributed by atoms with E-state index in [2.05, 4.69) is 186 Å². The molecule has 46 heavy (non-hydrogen) atoms. The molecule has 0 nitrogen and oxygen atoms in total. The second-order valence-corrected chi connectivity index (χ2v) is 20.5. The molecule has 0 saturated heterocycles. The lowest BCUT2D eigenvalue weighted by Crippen LogP contribution is -2.59. The smallest absolute Gasteiger partial charge is 0.00439 e. The third-order valence-corrected chi connectivity index (χ3v) is 16.5. The summed E-state index contributed by atoms with van der Waals surface area (Å²) in [5.41, 5.74) is 13.5. The van der Waals surface area contributed by atoms with E-state index in [-0.39, 0.29) is 48.7 Å². The molecule has 0 aliphatic heterocycles. The zero-order chi connectivity index (χ0) is 35.1. The fraction of sp³-hybridized carbons (Fsp3) is 0.609. The van der Waals surface area contributed by atoms with Gasteiger partial charge >= 0.3 is 0 Å². The Kier molecular flexibility index (Phi) is 7.33. The summed E-state index contributed by atoms with van der Waals surface area (Å²) < 4.78 is 0. The topological polar surface area (TPSA) is 0 Å². The van der Waals surface area contributed by atoms with Crippen molar-refractivity contribution < 1.29 is 0 Å². The van der Waals surface area contributed by atoms with E-state index in [1.54, 1.807) is 0 Å². The molecule has 0 radical (unpaired) electrons. The molecular formula is C46H66. The first-order valence-corrected chi connectivity index (χ1v) is 18.0. The molecule has 3 aromatic rings. The summed E-state index contributed by atoms with van der Waals surface area (Å²) in [6, 6.07) is 21.9. The number of fused-ring (bicyclic) bond motifs is 2. The van der Waals surface area contributed by atoms with Crippen LogP contribution in [0.3, 0.4) is 0 Å². The lowest BCUT2D eigenvalue weighted by Gasteiger charge is -2.64. The molecule has 2 aliphatic carbocycles. The van der Waals surface area contributed by atoms with Gasteiger partial charge in [-0.25, -0.2) is 0 Å². The minimum absolute atomic E-state index is 0.0222. The summed E-state index contributed by atoms with van der Waals surface area (Å²) in [6.45, 7) is 46.8. The van der Waals surface area contributed by atoms with E-state index in [4.69, 9.17) is 0 Å². The molecule has 0 saturated carbocycles. The summed E-state index contributed by atoms with van der Waals surface area (Å²) in [4.78, 5) is 0. The van der Waals surface area contributed by atoms with E-state index in [0.717, 1.165) is 0 Å². The molecule has 0 unspecified atom stereocenters. The summed E-state index contributed by atoms with van der Waals surface area (Å²) in [5.74, 6) is 0. The average Bonchev–Trinajstić information content (AvgIpc) is 2.93. The van der Waals surface area contributed by atoms with Crippen LogP contribution in [0, 0.1) is 21.7 Å². The first-order valence-electron chi connectivity index (χ1n) is 18.0. The highest BCUT2D eigenvalue weighted by atomic mass is 14.7. The van der Waals surface area contributed by atoms with Crippen molar-refractivity contribution in [3.05, 3.63) is 82.4 Å². The van der Waals surface area contributed by atoms with Crippen LogP contribution in [0.15, 0.2) is 54.6 Å². The number of hydrogen-bond acceptors (Lipinski definition) is 0. The van der Waals surface area contributed by atoms with Crippen molar-refractivity contribution in [3.8, 4) is 22.3 Å². The Morgan fingerprint density at radius 3 is 0.935 bits per heavy atom. The van der Waals surface area contributed by atoms with Gasteiger partial charge in [0.1, 0.15) is 0 Å². The standard InChI is InChI=1S/C46H66/c1-38(2,3)37-31(29-23-25-33-35(27-29)41(8,9)45(16,17)43(12,13)39(33,4)5)21-20-22-32(37)30-24-26-34-36(28-30)42(10,11)46(18,19)44(14,15)40(34,6)7/h20-28H,1-19H3. The van der Waals surface area contributed by atoms with Gasteiger partial charge in [0.15, 0.2) is 0 Å². The molecule has 0 aromatic heterocycles. The molecule has 3 aromatic carbocycles. The highest BCUT2D eigenvalue weighted by Gasteiger charge is 2.61. The maximum atomic E-state index is 2.56. The summed E-state index contributed by atoms with van der Waals surface area (Å²) in [6.07, 6.45) is 0. The van der Waals surface area contributed by atoms with Gasteiger partial charge in [-0.3, -0.25) is 0 Å². The maximum absolute atomic E-state index is 2.56. The van der Waals surface area contributed by atoms with Crippen molar-refractivity contribution in [3.63, 3.8) is 0 Å². The molecule has 0 fully saturated rings. The molecule has 2 aliphatic rings. The molecule has 0 bridgehead atoms. The van der Waals surface area contributed by atoms with E-state index in [1.807, 2.05) is 0 Å². The fourth-order valence-electron chi connectivity index (χ4n) is 9.86. The van der Waals surface area contributed by atoms with Gasteiger partial charge in [-0.1, -0.05) is 186 Å². The van der Waals surface area contributed by atoms with Crippen LogP contribution in [-0.2, 0) is 27.1 Å². The minimum Gasteiger partial charge on any atom is -0.0610 e. The predicted molar refractivity (Wildman–Crippen MR) is 203 cm³/mol. The predicted octanol–water partition coefficient (Wildman–Crippen LogP) is 13.6. The van der Waals surface area contributed by atoms with Crippen molar-refractivity contribution in [2.24, 2.45) is 21.7 Å². The second-order valence-electron chi connectivity index (χ2n) is 20.5. The second kappa shape index (κ2) is 9.64. The quantitative estimate of drug-likeness (QED) is 0.268. The molecule has 0 spiro atoms. The zero-order valence-electron chi connectivity index (χ0n) is 33.2. The van der Waals surface area contributed by atoms with Gasteiger partial charge in [0.25, 0.3) is 0 Å². The number of rotatable bonds is 2. The van der Waals surface area contributed by atoms with Crippen LogP contribution in [-0.4, -0.2) is 0 Å². The van der Waals surface area contributed by atoms with Gasteiger partial charge in [0.2, 0.25) is 0 Å². The average molecular weight is 619 g/mol. The normalized spacial score (nSPS) is 24.1. The first kappa shape index (κ1) is 35.0. The summed E-state index contributed by atoms with van der Waals surface area (Å²) >= 11 is 0. The summed E-state index contributed by atoms with van der Waals surface area (Å²) in [5, 5.41) is 0. The van der Waals surface area contributed by atoms with Crippen molar-refractivity contribution >= 4 is 0 Å². The van der Waals surface area contributed by atoms with Crippen LogP contribution >= 0.6 is 0 Å². The van der Waals surface area contributed by atoms with E-state index < -0.39 is 0 Å². The lowest BCUT2D eigenvalue weighted by atomic mass is 9.40. The van der Waals surface area contributed by atoms with Gasteiger partial charge in [-0.2, -0.15) is 0 Å². The Balaban J connectivity index is 1.78. The van der Waals surface area contributed by atoms with Crippen LogP contribution in [0.5, 0.6) is 0 Å². The van der Waals surface area contributed by atoms with Crippen LogP contribution in [0.1, 0.15) is 159 Å². The third-order valence-electron chi connectivity index (χ3n) is 16.5. The number of benzene rings is 3.